The van der Waals surface area contributed by atoms with Crippen molar-refractivity contribution in [2.45, 2.75) is 0 Å². The maximum absolute atomic E-state index is 11.8. The van der Waals surface area contributed by atoms with Crippen molar-refractivity contribution in [2.75, 3.05) is 26.7 Å². The molecule has 2 rings (SSSR count). The zero-order valence-corrected chi connectivity index (χ0v) is 9.32. The summed E-state index contributed by atoms with van der Waals surface area (Å²) in [5.41, 5.74) is 0.645. The third-order valence-electron chi connectivity index (χ3n) is 2.75. The number of nitrogens with one attached hydrogen (secondary N) is 2. The molecular formula is C12H16N2O2. The van der Waals surface area contributed by atoms with Gasteiger partial charge in [0.2, 0.25) is 0 Å². The number of hydrogen-bond donors (Lipinski definition) is 2. The van der Waals surface area contributed by atoms with Crippen molar-refractivity contribution in [2.24, 2.45) is 5.92 Å². The highest BCUT2D eigenvalue weighted by Gasteiger charge is 2.17. The third-order valence-corrected chi connectivity index (χ3v) is 2.75. The fourth-order valence-electron chi connectivity index (χ4n) is 1.60. The standard InChI is InChI=1S/C12H16N2O2/c1-16-11-4-2-3-10(5-11)12(15)14-8-9-6-13-7-9/h2-5,9,13H,6-8H2,1H3,(H,14,15). The molecule has 1 amide bonds. The first kappa shape index (κ1) is 11.0. The Morgan fingerprint density at radius 2 is 2.38 bits per heavy atom. The summed E-state index contributed by atoms with van der Waals surface area (Å²) in [6, 6.07) is 7.18. The average molecular weight is 220 g/mol. The van der Waals surface area contributed by atoms with Crippen LogP contribution in [-0.2, 0) is 0 Å². The van der Waals surface area contributed by atoms with Gasteiger partial charge in [-0.1, -0.05) is 6.07 Å². The van der Waals surface area contributed by atoms with E-state index in [2.05, 4.69) is 10.6 Å². The molecule has 0 aliphatic carbocycles. The van der Waals surface area contributed by atoms with Gasteiger partial charge in [-0.05, 0) is 18.2 Å². The molecule has 4 heteroatoms. The highest BCUT2D eigenvalue weighted by atomic mass is 16.5. The Balaban J connectivity index is 1.91. The van der Waals surface area contributed by atoms with E-state index in [0.717, 1.165) is 19.6 Å². The molecule has 1 heterocycles. The summed E-state index contributed by atoms with van der Waals surface area (Å²) in [7, 11) is 1.59. The van der Waals surface area contributed by atoms with Gasteiger partial charge in [-0.15, -0.1) is 0 Å². The summed E-state index contributed by atoms with van der Waals surface area (Å²) >= 11 is 0. The van der Waals surface area contributed by atoms with Crippen LogP contribution in [0.25, 0.3) is 0 Å². The fraction of sp³-hybridized carbons (Fsp3) is 0.417. The average Bonchev–Trinajstić information content (AvgIpc) is 2.27. The molecule has 1 aromatic rings. The Morgan fingerprint density at radius 3 is 3.00 bits per heavy atom. The normalized spacial score (nSPS) is 15.3. The lowest BCUT2D eigenvalue weighted by Crippen LogP contribution is -2.48. The molecule has 2 N–H and O–H groups in total. The molecule has 0 unspecified atom stereocenters. The molecule has 0 aromatic heterocycles. The van der Waals surface area contributed by atoms with E-state index in [0.29, 0.717) is 17.2 Å². The van der Waals surface area contributed by atoms with E-state index in [1.165, 1.54) is 0 Å². The largest absolute Gasteiger partial charge is 0.497 e. The van der Waals surface area contributed by atoms with Gasteiger partial charge in [-0.3, -0.25) is 4.79 Å². The quantitative estimate of drug-likeness (QED) is 0.783. The molecule has 0 atom stereocenters. The lowest BCUT2D eigenvalue weighted by Gasteiger charge is -2.27. The number of carbonyl (C=O) groups excluding carboxylic acids is 1. The molecule has 1 aliphatic rings. The van der Waals surface area contributed by atoms with Crippen LogP contribution in [0, 0.1) is 5.92 Å². The van der Waals surface area contributed by atoms with Crippen LogP contribution in [0.2, 0.25) is 0 Å². The van der Waals surface area contributed by atoms with E-state index in [9.17, 15) is 4.79 Å². The predicted octanol–water partition coefficient (Wildman–Crippen LogP) is 0.644. The first-order chi connectivity index (χ1) is 7.79. The number of hydrogen-bond acceptors (Lipinski definition) is 3. The maximum atomic E-state index is 11.8. The Hall–Kier alpha value is -1.55. The minimum Gasteiger partial charge on any atom is -0.497 e. The minimum atomic E-state index is -0.0363. The second-order valence-electron chi connectivity index (χ2n) is 3.97. The topological polar surface area (TPSA) is 50.4 Å². The lowest BCUT2D eigenvalue weighted by molar-refractivity contribution is 0.0942. The van der Waals surface area contributed by atoms with Gasteiger partial charge in [-0.25, -0.2) is 0 Å². The van der Waals surface area contributed by atoms with Crippen LogP contribution in [0.4, 0.5) is 0 Å². The zero-order valence-electron chi connectivity index (χ0n) is 9.32. The van der Waals surface area contributed by atoms with Gasteiger partial charge in [-0.2, -0.15) is 0 Å². The molecule has 0 spiro atoms. The van der Waals surface area contributed by atoms with Gasteiger partial charge in [0, 0.05) is 31.1 Å². The first-order valence-corrected chi connectivity index (χ1v) is 5.42. The summed E-state index contributed by atoms with van der Waals surface area (Å²) < 4.78 is 5.07. The van der Waals surface area contributed by atoms with E-state index in [1.54, 1.807) is 19.2 Å². The van der Waals surface area contributed by atoms with Crippen molar-refractivity contribution < 1.29 is 9.53 Å². The van der Waals surface area contributed by atoms with Crippen LogP contribution < -0.4 is 15.4 Å². The van der Waals surface area contributed by atoms with Crippen molar-refractivity contribution in [3.05, 3.63) is 29.8 Å². The van der Waals surface area contributed by atoms with Crippen molar-refractivity contribution in [1.29, 1.82) is 0 Å². The minimum absolute atomic E-state index is 0.0363. The SMILES string of the molecule is COc1cccc(C(=O)NCC2CNC2)c1. The number of rotatable bonds is 4. The summed E-state index contributed by atoms with van der Waals surface area (Å²) in [5.74, 6) is 1.25. The van der Waals surface area contributed by atoms with Crippen LogP contribution in [-0.4, -0.2) is 32.7 Å². The second-order valence-corrected chi connectivity index (χ2v) is 3.97. The predicted molar refractivity (Wildman–Crippen MR) is 61.7 cm³/mol. The van der Waals surface area contributed by atoms with Gasteiger partial charge in [0.15, 0.2) is 0 Å². The van der Waals surface area contributed by atoms with Gasteiger partial charge in [0.25, 0.3) is 5.91 Å². The summed E-state index contributed by atoms with van der Waals surface area (Å²) in [4.78, 5) is 11.8. The lowest BCUT2D eigenvalue weighted by atomic mass is 10.0. The Kier molecular flexibility index (Phi) is 3.41. The molecule has 16 heavy (non-hydrogen) atoms. The smallest absolute Gasteiger partial charge is 0.251 e. The third kappa shape index (κ3) is 2.52. The van der Waals surface area contributed by atoms with Crippen LogP contribution in [0.15, 0.2) is 24.3 Å². The van der Waals surface area contributed by atoms with Gasteiger partial charge in [0.1, 0.15) is 5.75 Å². The van der Waals surface area contributed by atoms with E-state index < -0.39 is 0 Å². The van der Waals surface area contributed by atoms with Gasteiger partial charge >= 0.3 is 0 Å². The Morgan fingerprint density at radius 1 is 1.56 bits per heavy atom. The molecule has 0 radical (unpaired) electrons. The van der Waals surface area contributed by atoms with Crippen LogP contribution in [0.3, 0.4) is 0 Å². The first-order valence-electron chi connectivity index (χ1n) is 5.42. The number of methoxy groups -OCH3 is 1. The van der Waals surface area contributed by atoms with E-state index in [-0.39, 0.29) is 5.91 Å². The van der Waals surface area contributed by atoms with Crippen LogP contribution in [0.1, 0.15) is 10.4 Å². The van der Waals surface area contributed by atoms with Crippen molar-refractivity contribution in [3.8, 4) is 5.75 Å². The van der Waals surface area contributed by atoms with Crippen molar-refractivity contribution in [1.82, 2.24) is 10.6 Å². The monoisotopic (exact) mass is 220 g/mol. The Labute approximate surface area is 95.0 Å². The van der Waals surface area contributed by atoms with Gasteiger partial charge < -0.3 is 15.4 Å². The number of amides is 1. The van der Waals surface area contributed by atoms with Crippen LogP contribution >= 0.6 is 0 Å². The molecule has 0 bridgehead atoms. The molecule has 1 fully saturated rings. The molecule has 1 aliphatic heterocycles. The van der Waals surface area contributed by atoms with Gasteiger partial charge in [0.05, 0.1) is 7.11 Å². The van der Waals surface area contributed by atoms with Crippen molar-refractivity contribution >= 4 is 5.91 Å². The van der Waals surface area contributed by atoms with E-state index in [4.69, 9.17) is 4.74 Å². The van der Waals surface area contributed by atoms with Crippen molar-refractivity contribution in [3.63, 3.8) is 0 Å². The molecular weight excluding hydrogens is 204 g/mol. The van der Waals surface area contributed by atoms with E-state index >= 15 is 0 Å². The number of benzene rings is 1. The molecule has 1 saturated heterocycles. The summed E-state index contributed by atoms with van der Waals surface area (Å²) in [6.07, 6.45) is 0. The Bertz CT molecular complexity index is 375. The molecule has 4 nitrogen and oxygen atoms in total. The number of carbonyl (C=O) groups is 1. The maximum Gasteiger partial charge on any atom is 0.251 e. The molecule has 0 saturated carbocycles. The molecule has 1 aromatic carbocycles. The zero-order chi connectivity index (χ0) is 11.4. The van der Waals surface area contributed by atoms with Crippen LogP contribution in [0.5, 0.6) is 5.75 Å². The highest BCUT2D eigenvalue weighted by Crippen LogP contribution is 2.12. The summed E-state index contributed by atoms with van der Waals surface area (Å²) in [5, 5.41) is 6.09. The molecule has 86 valence electrons. The van der Waals surface area contributed by atoms with E-state index in [1.807, 2.05) is 12.1 Å². The number of ether oxygens (including phenoxy) is 1. The second kappa shape index (κ2) is 4.99. The fourth-order valence-corrected chi connectivity index (χ4v) is 1.60. The summed E-state index contributed by atoms with van der Waals surface area (Å²) in [6.45, 7) is 2.74. The highest BCUT2D eigenvalue weighted by molar-refractivity contribution is 5.94.